The Bertz CT molecular complexity index is 1100. The lowest BCUT2D eigenvalue weighted by atomic mass is 9.28. The first-order valence-corrected chi connectivity index (χ1v) is 19.8. The number of rotatable bonds is 6. The van der Waals surface area contributed by atoms with Crippen molar-refractivity contribution in [2.24, 2.45) is 62.1 Å². The molecule has 7 fully saturated rings. The van der Waals surface area contributed by atoms with Gasteiger partial charge in [0.05, 0.1) is 12.7 Å². The molecule has 2 heterocycles. The first-order chi connectivity index (χ1) is 21.3. The molecule has 0 radical (unpaired) electrons. The number of allylic oxidation sites excluding steroid dienone is 1. The first kappa shape index (κ1) is 33.1. The summed E-state index contributed by atoms with van der Waals surface area (Å²) in [6.07, 6.45) is 23.1. The van der Waals surface area contributed by atoms with Crippen LogP contribution in [-0.4, -0.2) is 32.2 Å². The van der Waals surface area contributed by atoms with Gasteiger partial charge in [-0.25, -0.2) is 0 Å². The standard InChI is InChI=1S/C42H70O3/c1-29(2)32-16-22-42(28-45-35-14-10-12-26-44-35)24-23-41(8)39(6)20-17-33-37(3,4)30(27-31-13-9-11-25-43-31)15-19-38(33,5)34(39)18-21-40(41,7)36(32)42/h30-36H,1,9-28H2,2-8H3/t30-,31?,32+,33+,34-,35?,36-,38+,39-,40-,41+,42-/m1/s1. The second-order valence-electron chi connectivity index (χ2n) is 19.6. The van der Waals surface area contributed by atoms with Gasteiger partial charge in [-0.15, -0.1) is 0 Å². The molecule has 0 aromatic carbocycles. The minimum absolute atomic E-state index is 0.0189. The second-order valence-corrected chi connectivity index (χ2v) is 19.6. The Morgan fingerprint density at radius 2 is 1.42 bits per heavy atom. The Kier molecular flexibility index (Phi) is 8.55. The Labute approximate surface area is 277 Å². The van der Waals surface area contributed by atoms with Gasteiger partial charge in [-0.05, 0) is 178 Å². The maximum absolute atomic E-state index is 6.76. The highest BCUT2D eigenvalue weighted by Gasteiger charge is 2.74. The van der Waals surface area contributed by atoms with Gasteiger partial charge in [0.15, 0.2) is 6.29 Å². The molecule has 7 aliphatic rings. The summed E-state index contributed by atoms with van der Waals surface area (Å²) in [5, 5.41) is 0. The monoisotopic (exact) mass is 623 g/mol. The molecule has 0 bridgehead atoms. The molecule has 5 aliphatic carbocycles. The molecule has 45 heavy (non-hydrogen) atoms. The molecule has 2 unspecified atom stereocenters. The van der Waals surface area contributed by atoms with Gasteiger partial charge in [0.1, 0.15) is 0 Å². The molecule has 7 rings (SSSR count). The van der Waals surface area contributed by atoms with E-state index in [1.165, 1.54) is 108 Å². The zero-order chi connectivity index (χ0) is 31.9. The van der Waals surface area contributed by atoms with Crippen LogP contribution in [0.25, 0.3) is 0 Å². The fraction of sp³-hybridized carbons (Fsp3) is 0.952. The molecule has 2 aliphatic heterocycles. The summed E-state index contributed by atoms with van der Waals surface area (Å²) >= 11 is 0. The maximum Gasteiger partial charge on any atom is 0.157 e. The van der Waals surface area contributed by atoms with Crippen molar-refractivity contribution in [3.63, 3.8) is 0 Å². The van der Waals surface area contributed by atoms with Crippen molar-refractivity contribution in [1.29, 1.82) is 0 Å². The maximum atomic E-state index is 6.76. The van der Waals surface area contributed by atoms with Crippen molar-refractivity contribution < 1.29 is 14.2 Å². The van der Waals surface area contributed by atoms with Crippen LogP contribution in [0, 0.1) is 62.1 Å². The molecule has 0 aromatic rings. The highest BCUT2D eigenvalue weighted by molar-refractivity contribution is 5.25. The zero-order valence-electron chi connectivity index (χ0n) is 30.6. The van der Waals surface area contributed by atoms with Crippen LogP contribution in [0.3, 0.4) is 0 Å². The van der Waals surface area contributed by atoms with Gasteiger partial charge in [0.25, 0.3) is 0 Å². The van der Waals surface area contributed by atoms with Crippen molar-refractivity contribution in [1.82, 2.24) is 0 Å². The van der Waals surface area contributed by atoms with Crippen LogP contribution in [0.5, 0.6) is 0 Å². The molecule has 12 atom stereocenters. The van der Waals surface area contributed by atoms with Gasteiger partial charge in [-0.3, -0.25) is 0 Å². The molecule has 0 N–H and O–H groups in total. The van der Waals surface area contributed by atoms with Gasteiger partial charge >= 0.3 is 0 Å². The van der Waals surface area contributed by atoms with E-state index in [0.717, 1.165) is 44.0 Å². The number of hydrogen-bond donors (Lipinski definition) is 0. The molecule has 3 heteroatoms. The predicted molar refractivity (Wildman–Crippen MR) is 185 cm³/mol. The Morgan fingerprint density at radius 3 is 2.11 bits per heavy atom. The van der Waals surface area contributed by atoms with E-state index in [2.05, 4.69) is 55.0 Å². The minimum Gasteiger partial charge on any atom is -0.378 e. The SMILES string of the molecule is C=C(C)[C@@H]1CC[C@]2(COC3CCCCO3)CC[C@@]3(C)[C@]4(C)CC[C@H]5C(C)(C)[C@@H](CC6CCCCO6)CC[C@]5(C)[C@H]4CC[C@]3(C)[C@@H]12. The van der Waals surface area contributed by atoms with Gasteiger partial charge in [0, 0.05) is 13.2 Å². The van der Waals surface area contributed by atoms with Crippen molar-refractivity contribution in [2.45, 2.75) is 170 Å². The van der Waals surface area contributed by atoms with Crippen LogP contribution in [0.1, 0.15) is 158 Å². The van der Waals surface area contributed by atoms with Crippen molar-refractivity contribution in [3.05, 3.63) is 12.2 Å². The van der Waals surface area contributed by atoms with E-state index in [0.29, 0.717) is 45.0 Å². The Hall–Kier alpha value is -0.380. The van der Waals surface area contributed by atoms with E-state index >= 15 is 0 Å². The van der Waals surface area contributed by atoms with Crippen LogP contribution < -0.4 is 0 Å². The van der Waals surface area contributed by atoms with Gasteiger partial charge in [-0.2, -0.15) is 0 Å². The molecule has 3 nitrogen and oxygen atoms in total. The normalized spacial score (nSPS) is 52.6. The van der Waals surface area contributed by atoms with E-state index in [-0.39, 0.29) is 11.7 Å². The third-order valence-corrected chi connectivity index (χ3v) is 17.7. The number of hydrogen-bond acceptors (Lipinski definition) is 3. The van der Waals surface area contributed by atoms with Gasteiger partial charge < -0.3 is 14.2 Å². The zero-order valence-corrected chi connectivity index (χ0v) is 30.6. The van der Waals surface area contributed by atoms with Crippen LogP contribution in [0.15, 0.2) is 12.2 Å². The molecular formula is C42H70O3. The van der Waals surface area contributed by atoms with Crippen LogP contribution in [-0.2, 0) is 14.2 Å². The summed E-state index contributed by atoms with van der Waals surface area (Å²) in [4.78, 5) is 0. The highest BCUT2D eigenvalue weighted by atomic mass is 16.7. The first-order valence-electron chi connectivity index (χ1n) is 19.8. The second kappa shape index (κ2) is 11.6. The third kappa shape index (κ3) is 4.87. The van der Waals surface area contributed by atoms with E-state index < -0.39 is 0 Å². The largest absolute Gasteiger partial charge is 0.378 e. The number of fused-ring (bicyclic) bond motifs is 7. The molecule has 256 valence electrons. The van der Waals surface area contributed by atoms with Crippen molar-refractivity contribution >= 4 is 0 Å². The van der Waals surface area contributed by atoms with E-state index in [1.807, 2.05) is 0 Å². The van der Waals surface area contributed by atoms with Crippen LogP contribution in [0.2, 0.25) is 0 Å². The summed E-state index contributed by atoms with van der Waals surface area (Å²) in [5.74, 6) is 3.78. The van der Waals surface area contributed by atoms with Gasteiger partial charge in [0.2, 0.25) is 0 Å². The molecule has 5 saturated carbocycles. The number of ether oxygens (including phenoxy) is 3. The molecule has 2 saturated heterocycles. The summed E-state index contributed by atoms with van der Waals surface area (Å²) in [5.41, 5.74) is 3.62. The summed E-state index contributed by atoms with van der Waals surface area (Å²) in [7, 11) is 0. The summed E-state index contributed by atoms with van der Waals surface area (Å²) in [6, 6.07) is 0. The molecule has 0 aromatic heterocycles. The third-order valence-electron chi connectivity index (χ3n) is 17.7. The van der Waals surface area contributed by atoms with E-state index in [9.17, 15) is 0 Å². The van der Waals surface area contributed by atoms with E-state index in [1.54, 1.807) is 0 Å². The van der Waals surface area contributed by atoms with Crippen molar-refractivity contribution in [2.75, 3.05) is 19.8 Å². The summed E-state index contributed by atoms with van der Waals surface area (Å²) < 4.78 is 19.2. The average Bonchev–Trinajstić information content (AvgIpc) is 3.41. The molecule has 0 spiro atoms. The highest BCUT2D eigenvalue weighted by Crippen LogP contribution is 2.81. The van der Waals surface area contributed by atoms with Crippen molar-refractivity contribution in [3.8, 4) is 0 Å². The quantitative estimate of drug-likeness (QED) is 0.276. The Morgan fingerprint density at radius 1 is 0.711 bits per heavy atom. The van der Waals surface area contributed by atoms with E-state index in [4.69, 9.17) is 14.2 Å². The average molecular weight is 623 g/mol. The fourth-order valence-corrected chi connectivity index (χ4v) is 15.1. The van der Waals surface area contributed by atoms with Crippen LogP contribution >= 0.6 is 0 Å². The smallest absolute Gasteiger partial charge is 0.157 e. The van der Waals surface area contributed by atoms with Gasteiger partial charge in [-0.1, -0.05) is 53.7 Å². The summed E-state index contributed by atoms with van der Waals surface area (Å²) in [6.45, 7) is 26.3. The molecular weight excluding hydrogens is 552 g/mol. The molecule has 0 amide bonds. The lowest BCUT2D eigenvalue weighted by molar-refractivity contribution is -0.283. The predicted octanol–water partition coefficient (Wildman–Crippen LogP) is 11.2. The minimum atomic E-state index is 0.0189. The fourth-order valence-electron chi connectivity index (χ4n) is 15.1. The van der Waals surface area contributed by atoms with Crippen LogP contribution in [0.4, 0.5) is 0 Å². The Balaban J connectivity index is 1.17. The lowest BCUT2D eigenvalue weighted by Crippen LogP contribution is -2.69. The topological polar surface area (TPSA) is 27.7 Å². The lowest BCUT2D eigenvalue weighted by Gasteiger charge is -2.76.